The molecule has 34 heavy (non-hydrogen) atoms. The molecule has 6 nitrogen and oxygen atoms in total. The summed E-state index contributed by atoms with van der Waals surface area (Å²) in [5.41, 5.74) is 9.37. The lowest BCUT2D eigenvalue weighted by molar-refractivity contribution is -0.140. The van der Waals surface area contributed by atoms with E-state index in [-0.39, 0.29) is 28.8 Å². The number of carbonyl (C=O) groups is 2. The van der Waals surface area contributed by atoms with E-state index in [0.29, 0.717) is 13.0 Å². The van der Waals surface area contributed by atoms with E-state index in [0.717, 1.165) is 42.5 Å². The number of rotatable bonds is 5. The van der Waals surface area contributed by atoms with Crippen molar-refractivity contribution in [3.05, 3.63) is 41.0 Å². The molecule has 4 rings (SSSR count). The van der Waals surface area contributed by atoms with E-state index in [1.165, 1.54) is 11.9 Å². The summed E-state index contributed by atoms with van der Waals surface area (Å²) in [7, 11) is 1.50. The van der Waals surface area contributed by atoms with Gasteiger partial charge in [-0.2, -0.15) is 0 Å². The molecule has 2 aliphatic rings. The molecule has 188 valence electrons. The van der Waals surface area contributed by atoms with Crippen molar-refractivity contribution < 1.29 is 9.59 Å². The Hall–Kier alpha value is -2.25. The summed E-state index contributed by atoms with van der Waals surface area (Å²) in [5, 5.41) is 3.30. The van der Waals surface area contributed by atoms with E-state index in [1.54, 1.807) is 16.2 Å². The molecule has 1 unspecified atom stereocenters. The Morgan fingerprint density at radius 2 is 1.79 bits per heavy atom. The van der Waals surface area contributed by atoms with Crippen molar-refractivity contribution in [2.75, 3.05) is 13.6 Å². The SMILES string of the molecule is CC.CN.Cc1ncsc1-c1ccc(C2(NC(=O)C3CCCN3C(=O)CC(C)(C)C)CC2)cc1. The molecule has 2 fully saturated rings. The predicted octanol–water partition coefficient (Wildman–Crippen LogP) is 5.25. The summed E-state index contributed by atoms with van der Waals surface area (Å²) in [5.74, 6) is 0.0870. The molecule has 3 N–H and O–H groups in total. The molecule has 1 aliphatic carbocycles. The smallest absolute Gasteiger partial charge is 0.243 e. The zero-order valence-electron chi connectivity index (χ0n) is 21.9. The van der Waals surface area contributed by atoms with Crippen molar-refractivity contribution in [2.45, 2.75) is 85.2 Å². The molecule has 1 saturated heterocycles. The zero-order chi connectivity index (χ0) is 25.5. The van der Waals surface area contributed by atoms with Gasteiger partial charge in [0.2, 0.25) is 11.8 Å². The summed E-state index contributed by atoms with van der Waals surface area (Å²) < 4.78 is 0. The second-order valence-electron chi connectivity index (χ2n) is 9.90. The fraction of sp³-hybridized carbons (Fsp3) is 0.593. The minimum absolute atomic E-state index is 0.00497. The maximum absolute atomic E-state index is 13.1. The number of carbonyl (C=O) groups excluding carboxylic acids is 2. The summed E-state index contributed by atoms with van der Waals surface area (Å²) in [4.78, 5) is 33.2. The molecule has 0 radical (unpaired) electrons. The number of aromatic nitrogens is 1. The molecule has 1 atom stereocenters. The van der Waals surface area contributed by atoms with Crippen molar-refractivity contribution >= 4 is 23.2 Å². The van der Waals surface area contributed by atoms with Crippen LogP contribution in [0, 0.1) is 12.3 Å². The van der Waals surface area contributed by atoms with Gasteiger partial charge in [0, 0.05) is 13.0 Å². The number of nitrogens with two attached hydrogens (primary N) is 1. The van der Waals surface area contributed by atoms with Gasteiger partial charge in [0.1, 0.15) is 6.04 Å². The van der Waals surface area contributed by atoms with Crippen molar-refractivity contribution in [3.8, 4) is 10.4 Å². The number of nitrogens with zero attached hydrogens (tertiary/aromatic N) is 2. The lowest BCUT2D eigenvalue weighted by atomic mass is 9.91. The van der Waals surface area contributed by atoms with E-state index < -0.39 is 0 Å². The highest BCUT2D eigenvalue weighted by molar-refractivity contribution is 7.13. The molecular weight excluding hydrogens is 444 g/mol. The highest BCUT2D eigenvalue weighted by atomic mass is 32.1. The highest BCUT2D eigenvalue weighted by Crippen LogP contribution is 2.46. The lowest BCUT2D eigenvalue weighted by Gasteiger charge is -2.29. The normalized spacial score (nSPS) is 18.2. The summed E-state index contributed by atoms with van der Waals surface area (Å²) >= 11 is 1.65. The van der Waals surface area contributed by atoms with E-state index >= 15 is 0 Å². The molecule has 0 bridgehead atoms. The topological polar surface area (TPSA) is 88.3 Å². The molecule has 1 aromatic carbocycles. The molecule has 2 amide bonds. The first kappa shape index (κ1) is 28.0. The lowest BCUT2D eigenvalue weighted by Crippen LogP contribution is -2.49. The average Bonchev–Trinajstić information content (AvgIpc) is 3.22. The van der Waals surface area contributed by atoms with Gasteiger partial charge in [-0.25, -0.2) is 4.98 Å². The number of hydrogen-bond donors (Lipinski definition) is 2. The third-order valence-corrected chi connectivity index (χ3v) is 7.09. The van der Waals surface area contributed by atoms with Crippen molar-refractivity contribution in [3.63, 3.8) is 0 Å². The second kappa shape index (κ2) is 11.9. The van der Waals surface area contributed by atoms with Crippen LogP contribution >= 0.6 is 11.3 Å². The fourth-order valence-electron chi connectivity index (χ4n) is 4.34. The van der Waals surface area contributed by atoms with Crippen LogP contribution in [0.15, 0.2) is 29.8 Å². The van der Waals surface area contributed by atoms with Crippen LogP contribution in [0.2, 0.25) is 0 Å². The largest absolute Gasteiger partial charge is 0.345 e. The molecule has 1 aromatic heterocycles. The Morgan fingerprint density at radius 1 is 1.18 bits per heavy atom. The van der Waals surface area contributed by atoms with Crippen LogP contribution in [0.25, 0.3) is 10.4 Å². The van der Waals surface area contributed by atoms with Crippen molar-refractivity contribution in [1.29, 1.82) is 0 Å². The Labute approximate surface area is 209 Å². The average molecular weight is 487 g/mol. The molecule has 2 aromatic rings. The molecule has 2 heterocycles. The Kier molecular flexibility index (Phi) is 9.83. The third-order valence-electron chi connectivity index (χ3n) is 6.12. The first-order valence-electron chi connectivity index (χ1n) is 12.4. The van der Waals surface area contributed by atoms with Gasteiger partial charge in [-0.15, -0.1) is 11.3 Å². The van der Waals surface area contributed by atoms with E-state index in [9.17, 15) is 9.59 Å². The minimum atomic E-state index is -0.337. The third kappa shape index (κ3) is 6.66. The van der Waals surface area contributed by atoms with Gasteiger partial charge in [-0.1, -0.05) is 58.9 Å². The van der Waals surface area contributed by atoms with Gasteiger partial charge in [0.05, 0.1) is 21.6 Å². The van der Waals surface area contributed by atoms with Gasteiger partial charge < -0.3 is 16.0 Å². The highest BCUT2D eigenvalue weighted by Gasteiger charge is 2.48. The number of amides is 2. The number of likely N-dealkylation sites (tertiary alicyclic amines) is 1. The van der Waals surface area contributed by atoms with Gasteiger partial charge in [-0.05, 0) is 56.2 Å². The fourth-order valence-corrected chi connectivity index (χ4v) is 5.15. The monoisotopic (exact) mass is 486 g/mol. The number of thiazole rings is 1. The number of nitrogens with one attached hydrogen (secondary N) is 1. The van der Waals surface area contributed by atoms with Gasteiger partial charge in [0.25, 0.3) is 0 Å². The Bertz CT molecular complexity index is 942. The summed E-state index contributed by atoms with van der Waals surface area (Å²) in [6.07, 6.45) is 4.01. The van der Waals surface area contributed by atoms with Crippen LogP contribution < -0.4 is 11.1 Å². The molecule has 0 spiro atoms. The van der Waals surface area contributed by atoms with Crippen LogP contribution in [0.3, 0.4) is 0 Å². The minimum Gasteiger partial charge on any atom is -0.345 e. The van der Waals surface area contributed by atoms with Crippen LogP contribution in [0.4, 0.5) is 0 Å². The summed E-state index contributed by atoms with van der Waals surface area (Å²) in [6.45, 7) is 12.9. The van der Waals surface area contributed by atoms with Crippen LogP contribution in [-0.2, 0) is 15.1 Å². The quantitative estimate of drug-likeness (QED) is 0.604. The first-order chi connectivity index (χ1) is 16.2. The summed E-state index contributed by atoms with van der Waals surface area (Å²) in [6, 6.07) is 8.15. The van der Waals surface area contributed by atoms with E-state index in [2.05, 4.69) is 61.1 Å². The van der Waals surface area contributed by atoms with E-state index in [1.807, 2.05) is 26.3 Å². The Morgan fingerprint density at radius 3 is 2.29 bits per heavy atom. The number of aryl methyl sites for hydroxylation is 1. The standard InChI is InChI=1S/C24H31N3O2S.C2H6.CH5N/c1-16-21(30-15-25-16)17-7-9-18(10-8-17)24(11-12-24)26-22(29)19-6-5-13-27(19)20(28)14-23(2,3)4;2*1-2/h7-10,15,19H,5-6,11-14H2,1-4H3,(H,26,29);1-2H3;2H2,1H3. The Balaban J connectivity index is 0.000000970. The van der Waals surface area contributed by atoms with Gasteiger partial charge in [-0.3, -0.25) is 9.59 Å². The van der Waals surface area contributed by atoms with Gasteiger partial charge >= 0.3 is 0 Å². The van der Waals surface area contributed by atoms with Crippen LogP contribution in [-0.4, -0.2) is 41.3 Å². The molecular formula is C27H42N4O2S. The van der Waals surface area contributed by atoms with Gasteiger partial charge in [0.15, 0.2) is 0 Å². The second-order valence-corrected chi connectivity index (χ2v) is 10.8. The van der Waals surface area contributed by atoms with E-state index in [4.69, 9.17) is 0 Å². The number of benzene rings is 1. The molecule has 7 heteroatoms. The number of hydrogen-bond acceptors (Lipinski definition) is 5. The maximum Gasteiger partial charge on any atom is 0.243 e. The van der Waals surface area contributed by atoms with Crippen molar-refractivity contribution in [1.82, 2.24) is 15.2 Å². The predicted molar refractivity (Wildman–Crippen MR) is 142 cm³/mol. The van der Waals surface area contributed by atoms with Crippen molar-refractivity contribution in [2.24, 2.45) is 11.1 Å². The molecule has 1 saturated carbocycles. The first-order valence-corrected chi connectivity index (χ1v) is 13.3. The maximum atomic E-state index is 13.1. The zero-order valence-corrected chi connectivity index (χ0v) is 22.7. The van der Waals surface area contributed by atoms with Crippen LogP contribution in [0.1, 0.15) is 78.0 Å². The molecule has 1 aliphatic heterocycles. The van der Waals surface area contributed by atoms with Crippen LogP contribution in [0.5, 0.6) is 0 Å².